The zero-order chi connectivity index (χ0) is 64.5. The summed E-state index contributed by atoms with van der Waals surface area (Å²) < 4.78 is 101. The zero-order valence-corrected chi connectivity index (χ0v) is 55.5. The predicted molar refractivity (Wildman–Crippen MR) is 365 cm³/mol. The molecule has 6 aliphatic rings. The van der Waals surface area contributed by atoms with Crippen molar-refractivity contribution in [2.75, 3.05) is 91.6 Å². The average Bonchev–Trinajstić information content (AvgIpc) is 1.63. The van der Waals surface area contributed by atoms with Gasteiger partial charge in [-0.25, -0.2) is 44.6 Å². The number of piperidine rings is 1. The number of anilines is 8. The molecule has 22 nitrogen and oxygen atoms in total. The van der Waals surface area contributed by atoms with Crippen LogP contribution in [0, 0.1) is 11.7 Å². The Labute approximate surface area is 555 Å². The number of likely N-dealkylation sites (tertiary alicyclic amines) is 1. The summed E-state index contributed by atoms with van der Waals surface area (Å²) in [6.07, 6.45) is 10.6. The van der Waals surface area contributed by atoms with Gasteiger partial charge in [0.1, 0.15) is 23.7 Å². The normalized spacial score (nSPS) is 19.4. The minimum atomic E-state index is -3.76. The molecule has 8 aromatic rings. The molecule has 0 aliphatic carbocycles. The molecule has 4 fully saturated rings. The standard InChI is InChI=1S/C22H22N4O4S2.C21H18ClFN4O3S2.C19H24N4O3S2.4H2/c1-30-17-4-7-19-15(14-17)8-11-26(19)20-9-12-25(21(20)27)16-2-5-18(6-3-16)32(28,29)24-22-23-10-13-31-22;22-16-12-19-13(11-17(16)23)5-8-27(19)18-6-9-26(20(18)28)14-1-3-15(4-2-14)32(29,30)25-21-24-7-10-31-21;1-14-6-10-22(11-7-14)17-8-12-23(18(17)24)15-2-4-16(5-3-15)28(25,26)21-19-20-9-13-27-19;;;;/h2-7,10,13-14,20H,8-9,11-12H2,1H3,(H,23,24);1-4,7,10-12,18H,5-6,8-9H2,(H,24,25);2-5,9,13-14,17H,6-8,10-12H2,1H3,(H,20,21);4*1H/t20-;18-;17-;;;;/m000..../s1. The van der Waals surface area contributed by atoms with E-state index >= 15 is 0 Å². The lowest BCUT2D eigenvalue weighted by molar-refractivity contribution is -0.122. The van der Waals surface area contributed by atoms with Gasteiger partial charge in [-0.05, 0) is 178 Å². The molecular weight excluding hydrogens is 1320 g/mol. The van der Waals surface area contributed by atoms with E-state index in [1.54, 1.807) is 86.6 Å². The molecular formula is C62H72ClFN12O10S6. The summed E-state index contributed by atoms with van der Waals surface area (Å²) in [5.41, 5.74) is 5.98. The van der Waals surface area contributed by atoms with E-state index in [1.807, 2.05) is 23.1 Å². The van der Waals surface area contributed by atoms with Crippen LogP contribution in [0.4, 0.5) is 48.2 Å². The Bertz CT molecular complexity index is 4350. The largest absolute Gasteiger partial charge is 0.497 e. The number of thiazole rings is 3. The van der Waals surface area contributed by atoms with Gasteiger partial charge in [-0.1, -0.05) is 18.5 Å². The number of sulfonamides is 3. The van der Waals surface area contributed by atoms with Crippen molar-refractivity contribution in [3.05, 3.63) is 160 Å². The van der Waals surface area contributed by atoms with Gasteiger partial charge < -0.3 is 29.2 Å². The van der Waals surface area contributed by atoms with E-state index < -0.39 is 35.9 Å². The van der Waals surface area contributed by atoms with Crippen molar-refractivity contribution in [2.45, 2.75) is 84.7 Å². The fourth-order valence-electron chi connectivity index (χ4n) is 12.4. The predicted octanol–water partition coefficient (Wildman–Crippen LogP) is 10.8. The smallest absolute Gasteiger partial charge is 0.263 e. The highest BCUT2D eigenvalue weighted by molar-refractivity contribution is 7.93. The van der Waals surface area contributed by atoms with Crippen molar-refractivity contribution >= 4 is 137 Å². The van der Waals surface area contributed by atoms with Crippen molar-refractivity contribution in [3.63, 3.8) is 0 Å². The van der Waals surface area contributed by atoms with Gasteiger partial charge in [0, 0.05) is 102 Å². The van der Waals surface area contributed by atoms with E-state index in [1.165, 1.54) is 94.4 Å². The fraction of sp³-hybridized carbons (Fsp3) is 0.323. The second-order valence-corrected chi connectivity index (χ2v) is 30.8. The summed E-state index contributed by atoms with van der Waals surface area (Å²) >= 11 is 9.59. The summed E-state index contributed by atoms with van der Waals surface area (Å²) in [6.45, 7) is 7.40. The van der Waals surface area contributed by atoms with Crippen molar-refractivity contribution in [1.29, 1.82) is 0 Å². The molecule has 92 heavy (non-hydrogen) atoms. The van der Waals surface area contributed by atoms with Crippen molar-refractivity contribution in [1.82, 2.24) is 19.9 Å². The molecule has 0 bridgehead atoms. The fourth-order valence-corrected chi connectivity index (χ4v) is 17.9. The molecule has 0 unspecified atom stereocenters. The number of hydrogen-bond donors (Lipinski definition) is 3. The van der Waals surface area contributed by atoms with Crippen LogP contribution in [0.5, 0.6) is 5.75 Å². The van der Waals surface area contributed by atoms with Crippen LogP contribution >= 0.6 is 45.6 Å². The van der Waals surface area contributed by atoms with Crippen LogP contribution < -0.4 is 43.4 Å². The topological polar surface area (TPSA) is 257 Å². The molecule has 3 N–H and O–H groups in total. The highest BCUT2D eigenvalue weighted by atomic mass is 35.5. The number of benzene rings is 5. The maximum Gasteiger partial charge on any atom is 0.263 e. The number of ether oxygens (including phenoxy) is 1. The summed E-state index contributed by atoms with van der Waals surface area (Å²) in [5, 5.41) is 6.07. The second kappa shape index (κ2) is 27.1. The monoisotopic (exact) mass is 1390 g/mol. The first-order valence-corrected chi connectivity index (χ1v) is 37.1. The summed E-state index contributed by atoms with van der Waals surface area (Å²) in [4.78, 5) is 63.2. The third kappa shape index (κ3) is 13.8. The first-order chi connectivity index (χ1) is 44.2. The van der Waals surface area contributed by atoms with Gasteiger partial charge in [0.2, 0.25) is 17.7 Å². The Morgan fingerprint density at radius 1 is 0.511 bits per heavy atom. The molecule has 0 radical (unpaired) electrons. The summed E-state index contributed by atoms with van der Waals surface area (Å²) in [6, 6.07) is 27.4. The van der Waals surface area contributed by atoms with Gasteiger partial charge in [-0.15, -0.1) is 34.0 Å². The molecule has 0 spiro atoms. The van der Waals surface area contributed by atoms with E-state index in [4.69, 9.17) is 16.3 Å². The highest BCUT2D eigenvalue weighted by Crippen LogP contribution is 2.39. The molecule has 9 heterocycles. The maximum atomic E-state index is 13.8. The number of hydrogen-bond acceptors (Lipinski definition) is 19. The van der Waals surface area contributed by atoms with Crippen LogP contribution in [0.15, 0.2) is 153 Å². The van der Waals surface area contributed by atoms with Gasteiger partial charge in [-0.3, -0.25) is 33.4 Å². The van der Waals surface area contributed by atoms with E-state index in [0.29, 0.717) is 60.7 Å². The average molecular weight is 1390 g/mol. The lowest BCUT2D eigenvalue weighted by Gasteiger charge is -2.33. The number of rotatable bonds is 16. The highest BCUT2D eigenvalue weighted by Gasteiger charge is 2.42. The van der Waals surface area contributed by atoms with E-state index in [9.17, 15) is 44.0 Å². The number of carbonyl (C=O) groups excluding carboxylic acids is 3. The number of methoxy groups -OCH3 is 1. The molecule has 14 rings (SSSR count). The molecule has 3 atom stereocenters. The van der Waals surface area contributed by atoms with Gasteiger partial charge in [-0.2, -0.15) is 0 Å². The molecule has 30 heteroatoms. The maximum absolute atomic E-state index is 13.8. The van der Waals surface area contributed by atoms with Crippen LogP contribution in [-0.4, -0.2) is 134 Å². The summed E-state index contributed by atoms with van der Waals surface area (Å²) in [7, 11) is -9.52. The number of aromatic nitrogens is 3. The molecule has 3 amide bonds. The van der Waals surface area contributed by atoms with Crippen molar-refractivity contribution in [3.8, 4) is 5.75 Å². The quantitative estimate of drug-likeness (QED) is 0.0812. The molecule has 490 valence electrons. The number of nitrogens with one attached hydrogen (secondary N) is 3. The van der Waals surface area contributed by atoms with Crippen molar-refractivity contribution < 1.29 is 54.5 Å². The minimum absolute atomic E-state index is 0. The Kier molecular flexibility index (Phi) is 18.9. The third-order valence-electron chi connectivity index (χ3n) is 17.2. The van der Waals surface area contributed by atoms with Gasteiger partial charge >= 0.3 is 0 Å². The van der Waals surface area contributed by atoms with E-state index in [-0.39, 0.29) is 66.4 Å². The molecule has 5 aromatic carbocycles. The number of halogens is 2. The number of amides is 3. The third-order valence-corrected chi connectivity index (χ3v) is 24.0. The van der Waals surface area contributed by atoms with E-state index in [2.05, 4.69) is 45.8 Å². The Balaban J connectivity index is 0.000000181. The Morgan fingerprint density at radius 2 is 0.902 bits per heavy atom. The molecule has 0 saturated carbocycles. The number of fused-ring (bicyclic) bond motifs is 2. The number of nitrogens with zero attached hydrogens (tertiary/aromatic N) is 9. The number of carbonyl (C=O) groups is 3. The van der Waals surface area contributed by atoms with Gasteiger partial charge in [0.15, 0.2) is 15.4 Å². The lowest BCUT2D eigenvalue weighted by Crippen LogP contribution is -2.45. The van der Waals surface area contributed by atoms with Crippen LogP contribution in [0.3, 0.4) is 0 Å². The molecule has 3 aromatic heterocycles. The van der Waals surface area contributed by atoms with Gasteiger partial charge in [0.25, 0.3) is 30.1 Å². The minimum Gasteiger partial charge on any atom is -0.497 e. The Hall–Kier alpha value is -7.77. The Morgan fingerprint density at radius 3 is 1.30 bits per heavy atom. The van der Waals surface area contributed by atoms with Crippen molar-refractivity contribution in [2.24, 2.45) is 5.92 Å². The van der Waals surface area contributed by atoms with Gasteiger partial charge in [0.05, 0.1) is 32.9 Å². The van der Waals surface area contributed by atoms with Crippen LogP contribution in [0.1, 0.15) is 55.9 Å². The van der Waals surface area contributed by atoms with Crippen LogP contribution in [-0.2, 0) is 57.3 Å². The first kappa shape index (κ1) is 64.3. The van der Waals surface area contributed by atoms with Crippen LogP contribution in [0.2, 0.25) is 5.02 Å². The first-order valence-electron chi connectivity index (χ1n) is 29.7. The van der Waals surface area contributed by atoms with E-state index in [0.717, 1.165) is 86.0 Å². The summed E-state index contributed by atoms with van der Waals surface area (Å²) in [5.74, 6) is 1.18. The second-order valence-electron chi connectivity index (χ2n) is 22.7. The lowest BCUT2D eigenvalue weighted by atomic mass is 9.97. The SMILES string of the molecule is CC1CCN([C@H]2CCN(c3ccc(S(=O)(=O)Nc4nccs4)cc3)C2=O)CC1.COc1ccc2c(c1)CCN2[C@H]1CCN(c2ccc(S(=O)(=O)Nc3nccs3)cc2)C1=O.O=C1[C@@H](N2CCc3cc(F)c(Cl)cc32)CCN1c1ccc(S(=O)(=O)Nc2nccs2)cc1.[HH].[HH].[HH].[HH]. The molecule has 4 saturated heterocycles. The van der Waals surface area contributed by atoms with Crippen LogP contribution in [0.25, 0.3) is 0 Å². The molecule has 6 aliphatic heterocycles. The zero-order valence-electron chi connectivity index (χ0n) is 49.8.